The van der Waals surface area contributed by atoms with Gasteiger partial charge >= 0.3 is 0 Å². The van der Waals surface area contributed by atoms with E-state index < -0.39 is 0 Å². The summed E-state index contributed by atoms with van der Waals surface area (Å²) in [4.78, 5) is 0. The molecule has 2 aliphatic rings. The minimum atomic E-state index is 0.0373. The van der Waals surface area contributed by atoms with Crippen LogP contribution in [0.3, 0.4) is 0 Å². The zero-order valence-electron chi connectivity index (χ0n) is 6.42. The summed E-state index contributed by atoms with van der Waals surface area (Å²) in [5.41, 5.74) is 0. The molecule has 58 valence electrons. The maximum atomic E-state index is 9.41. The van der Waals surface area contributed by atoms with Crippen molar-refractivity contribution in [1.82, 2.24) is 0 Å². The molecule has 0 radical (unpaired) electrons. The molecule has 0 heterocycles. The second-order valence-corrected chi connectivity index (χ2v) is 3.93. The van der Waals surface area contributed by atoms with E-state index in [1.165, 1.54) is 25.7 Å². The molecular formula is C9H16O. The number of aliphatic hydroxyl groups is 1. The quantitative estimate of drug-likeness (QED) is 0.545. The first-order valence-electron chi connectivity index (χ1n) is 4.54. The Morgan fingerprint density at radius 2 is 1.70 bits per heavy atom. The summed E-state index contributed by atoms with van der Waals surface area (Å²) in [5.74, 6) is 1.92. The lowest BCUT2D eigenvalue weighted by atomic mass is 9.99. The number of aliphatic hydroxyl groups excluding tert-OH is 1. The highest BCUT2D eigenvalue weighted by Crippen LogP contribution is 2.47. The predicted octanol–water partition coefficient (Wildman–Crippen LogP) is 1.95. The van der Waals surface area contributed by atoms with Crippen LogP contribution in [0.4, 0.5) is 0 Å². The second kappa shape index (κ2) is 2.54. The van der Waals surface area contributed by atoms with Gasteiger partial charge in [-0.25, -0.2) is 0 Å². The van der Waals surface area contributed by atoms with Crippen molar-refractivity contribution in [2.24, 2.45) is 11.8 Å². The summed E-state index contributed by atoms with van der Waals surface area (Å²) in [6, 6.07) is 0. The molecule has 3 atom stereocenters. The Labute approximate surface area is 62.4 Å². The highest BCUT2D eigenvalue weighted by molar-refractivity contribution is 4.89. The standard InChI is InChI=1S/C9H16O/c10-9-4-2-1-3-7-5-8(7)6-9/h7-10H,1-6H2. The van der Waals surface area contributed by atoms with Gasteiger partial charge < -0.3 is 5.11 Å². The van der Waals surface area contributed by atoms with Gasteiger partial charge in [0.05, 0.1) is 6.10 Å². The Morgan fingerprint density at radius 3 is 2.60 bits per heavy atom. The number of fused-ring (bicyclic) bond motifs is 1. The van der Waals surface area contributed by atoms with Crippen molar-refractivity contribution in [2.75, 3.05) is 0 Å². The average Bonchev–Trinajstić information content (AvgIpc) is 2.54. The zero-order chi connectivity index (χ0) is 6.97. The van der Waals surface area contributed by atoms with Gasteiger partial charge in [0.2, 0.25) is 0 Å². The van der Waals surface area contributed by atoms with E-state index in [9.17, 15) is 5.11 Å². The van der Waals surface area contributed by atoms with E-state index in [4.69, 9.17) is 0 Å². The first kappa shape index (κ1) is 6.66. The Bertz CT molecular complexity index is 122. The molecule has 2 rings (SSSR count). The van der Waals surface area contributed by atoms with Crippen molar-refractivity contribution >= 4 is 0 Å². The highest BCUT2D eigenvalue weighted by atomic mass is 16.3. The maximum absolute atomic E-state index is 9.41. The van der Waals surface area contributed by atoms with Gasteiger partial charge in [0.15, 0.2) is 0 Å². The van der Waals surface area contributed by atoms with Gasteiger partial charge in [-0.2, -0.15) is 0 Å². The lowest BCUT2D eigenvalue weighted by Crippen LogP contribution is -2.09. The molecule has 0 saturated heterocycles. The molecule has 0 aliphatic heterocycles. The Balaban J connectivity index is 1.85. The van der Waals surface area contributed by atoms with Crippen molar-refractivity contribution in [3.8, 4) is 0 Å². The summed E-state index contributed by atoms with van der Waals surface area (Å²) in [5, 5.41) is 9.41. The molecule has 0 aromatic carbocycles. The normalized spacial score (nSPS) is 47.1. The van der Waals surface area contributed by atoms with Gasteiger partial charge in [-0.3, -0.25) is 0 Å². The van der Waals surface area contributed by atoms with Crippen molar-refractivity contribution in [2.45, 2.75) is 44.6 Å². The van der Waals surface area contributed by atoms with Crippen LogP contribution in [-0.2, 0) is 0 Å². The van der Waals surface area contributed by atoms with Crippen LogP contribution >= 0.6 is 0 Å². The molecule has 0 bridgehead atoms. The van der Waals surface area contributed by atoms with Gasteiger partial charge in [0.1, 0.15) is 0 Å². The fourth-order valence-corrected chi connectivity index (χ4v) is 2.21. The topological polar surface area (TPSA) is 20.2 Å². The maximum Gasteiger partial charge on any atom is 0.0543 e. The van der Waals surface area contributed by atoms with E-state index in [1.54, 1.807) is 0 Å². The van der Waals surface area contributed by atoms with E-state index in [2.05, 4.69) is 0 Å². The molecule has 2 fully saturated rings. The molecule has 1 N–H and O–H groups in total. The second-order valence-electron chi connectivity index (χ2n) is 3.93. The van der Waals surface area contributed by atoms with E-state index >= 15 is 0 Å². The summed E-state index contributed by atoms with van der Waals surface area (Å²) in [6.07, 6.45) is 7.67. The smallest absolute Gasteiger partial charge is 0.0543 e. The first-order chi connectivity index (χ1) is 4.86. The largest absolute Gasteiger partial charge is 0.393 e. The predicted molar refractivity (Wildman–Crippen MR) is 40.7 cm³/mol. The van der Waals surface area contributed by atoms with E-state index in [0.29, 0.717) is 0 Å². The molecule has 1 heteroatoms. The van der Waals surface area contributed by atoms with Crippen LogP contribution in [0.2, 0.25) is 0 Å². The average molecular weight is 140 g/mol. The molecule has 2 saturated carbocycles. The van der Waals surface area contributed by atoms with Crippen LogP contribution < -0.4 is 0 Å². The van der Waals surface area contributed by atoms with Crippen molar-refractivity contribution in [1.29, 1.82) is 0 Å². The molecule has 2 aliphatic carbocycles. The van der Waals surface area contributed by atoms with Crippen LogP contribution in [0, 0.1) is 11.8 Å². The zero-order valence-corrected chi connectivity index (χ0v) is 6.42. The van der Waals surface area contributed by atoms with E-state index in [0.717, 1.165) is 24.7 Å². The molecule has 10 heavy (non-hydrogen) atoms. The summed E-state index contributed by atoms with van der Waals surface area (Å²) in [6.45, 7) is 0. The van der Waals surface area contributed by atoms with Gasteiger partial charge in [0, 0.05) is 0 Å². The third-order valence-electron chi connectivity index (χ3n) is 3.01. The van der Waals surface area contributed by atoms with Crippen molar-refractivity contribution < 1.29 is 5.11 Å². The van der Waals surface area contributed by atoms with Gasteiger partial charge in [-0.1, -0.05) is 19.3 Å². The molecular weight excluding hydrogens is 124 g/mol. The molecule has 0 aromatic heterocycles. The minimum absolute atomic E-state index is 0.0373. The summed E-state index contributed by atoms with van der Waals surface area (Å²) < 4.78 is 0. The fourth-order valence-electron chi connectivity index (χ4n) is 2.21. The third-order valence-corrected chi connectivity index (χ3v) is 3.01. The Hall–Kier alpha value is -0.0400. The number of rotatable bonds is 0. The van der Waals surface area contributed by atoms with Crippen LogP contribution in [0.15, 0.2) is 0 Å². The van der Waals surface area contributed by atoms with Crippen LogP contribution in [0.5, 0.6) is 0 Å². The lowest BCUT2D eigenvalue weighted by Gasteiger charge is -2.12. The minimum Gasteiger partial charge on any atom is -0.393 e. The van der Waals surface area contributed by atoms with Crippen LogP contribution in [-0.4, -0.2) is 11.2 Å². The van der Waals surface area contributed by atoms with Crippen LogP contribution in [0.1, 0.15) is 38.5 Å². The SMILES string of the molecule is OC1CCCCC2CC2C1. The van der Waals surface area contributed by atoms with Gasteiger partial charge in [-0.15, -0.1) is 0 Å². The third kappa shape index (κ3) is 1.34. The highest BCUT2D eigenvalue weighted by Gasteiger charge is 2.38. The monoisotopic (exact) mass is 140 g/mol. The molecule has 0 amide bonds. The van der Waals surface area contributed by atoms with Crippen LogP contribution in [0.25, 0.3) is 0 Å². The van der Waals surface area contributed by atoms with Gasteiger partial charge in [-0.05, 0) is 31.1 Å². The van der Waals surface area contributed by atoms with E-state index in [-0.39, 0.29) is 6.10 Å². The molecule has 0 aromatic rings. The Kier molecular flexibility index (Phi) is 1.69. The van der Waals surface area contributed by atoms with Gasteiger partial charge in [0.25, 0.3) is 0 Å². The first-order valence-corrected chi connectivity index (χ1v) is 4.54. The number of hydrogen-bond donors (Lipinski definition) is 1. The van der Waals surface area contributed by atoms with Crippen molar-refractivity contribution in [3.05, 3.63) is 0 Å². The molecule has 1 nitrogen and oxygen atoms in total. The fraction of sp³-hybridized carbons (Fsp3) is 1.00. The Morgan fingerprint density at radius 1 is 0.900 bits per heavy atom. The molecule has 0 spiro atoms. The lowest BCUT2D eigenvalue weighted by molar-refractivity contribution is 0.137. The van der Waals surface area contributed by atoms with E-state index in [1.807, 2.05) is 0 Å². The van der Waals surface area contributed by atoms with Crippen molar-refractivity contribution in [3.63, 3.8) is 0 Å². The number of hydrogen-bond acceptors (Lipinski definition) is 1. The summed E-state index contributed by atoms with van der Waals surface area (Å²) in [7, 11) is 0. The summed E-state index contributed by atoms with van der Waals surface area (Å²) >= 11 is 0. The molecule has 3 unspecified atom stereocenters.